The first-order valence-electron chi connectivity index (χ1n) is 8.10. The summed E-state index contributed by atoms with van der Waals surface area (Å²) in [5.41, 5.74) is 3.44. The van der Waals surface area contributed by atoms with Gasteiger partial charge >= 0.3 is 0 Å². The molecule has 3 aromatic rings. The third-order valence-electron chi connectivity index (χ3n) is 3.97. The summed E-state index contributed by atoms with van der Waals surface area (Å²) in [5, 5.41) is 3.49. The van der Waals surface area contributed by atoms with Crippen LogP contribution >= 0.6 is 0 Å². The van der Waals surface area contributed by atoms with E-state index < -0.39 is 0 Å². The van der Waals surface area contributed by atoms with Crippen molar-refractivity contribution in [3.8, 4) is 5.75 Å². The fraction of sp³-hybridized carbons (Fsp3) is 0.316. The molecular formula is C19H23N3O. The minimum atomic E-state index is 0.743. The van der Waals surface area contributed by atoms with Crippen LogP contribution in [-0.2, 0) is 19.6 Å². The first-order valence-corrected chi connectivity index (χ1v) is 8.10. The summed E-state index contributed by atoms with van der Waals surface area (Å²) >= 11 is 0. The molecule has 0 saturated carbocycles. The zero-order chi connectivity index (χ0) is 16.1. The molecule has 1 N–H and O–H groups in total. The Balaban J connectivity index is 1.75. The van der Waals surface area contributed by atoms with Crippen molar-refractivity contribution in [3.63, 3.8) is 0 Å². The highest BCUT2D eigenvalue weighted by molar-refractivity contribution is 5.75. The minimum absolute atomic E-state index is 0.743. The predicted molar refractivity (Wildman–Crippen MR) is 93.6 cm³/mol. The highest BCUT2D eigenvalue weighted by Gasteiger charge is 2.09. The van der Waals surface area contributed by atoms with Gasteiger partial charge in [-0.2, -0.15) is 0 Å². The van der Waals surface area contributed by atoms with Gasteiger partial charge in [0.15, 0.2) is 0 Å². The van der Waals surface area contributed by atoms with Crippen molar-refractivity contribution in [2.24, 2.45) is 0 Å². The molecule has 0 unspecified atom stereocenters. The summed E-state index contributed by atoms with van der Waals surface area (Å²) in [6.45, 7) is 4.69. The van der Waals surface area contributed by atoms with Gasteiger partial charge in [-0.05, 0) is 24.6 Å². The van der Waals surface area contributed by atoms with Crippen molar-refractivity contribution in [2.75, 3.05) is 7.11 Å². The molecule has 0 spiro atoms. The Hall–Kier alpha value is -2.33. The molecule has 4 heteroatoms. The van der Waals surface area contributed by atoms with Gasteiger partial charge in [0.25, 0.3) is 0 Å². The maximum Gasteiger partial charge on any atom is 0.123 e. The van der Waals surface area contributed by atoms with E-state index in [4.69, 9.17) is 9.72 Å². The number of benzene rings is 2. The van der Waals surface area contributed by atoms with Gasteiger partial charge in [-0.25, -0.2) is 4.98 Å². The van der Waals surface area contributed by atoms with Crippen molar-refractivity contribution in [3.05, 3.63) is 59.9 Å². The van der Waals surface area contributed by atoms with Gasteiger partial charge in [0.1, 0.15) is 11.6 Å². The lowest BCUT2D eigenvalue weighted by molar-refractivity contribution is 0.407. The molecule has 23 heavy (non-hydrogen) atoms. The number of fused-ring (bicyclic) bond motifs is 1. The average Bonchev–Trinajstić information content (AvgIpc) is 2.94. The zero-order valence-electron chi connectivity index (χ0n) is 13.7. The fourth-order valence-electron chi connectivity index (χ4n) is 2.89. The van der Waals surface area contributed by atoms with Gasteiger partial charge in [-0.15, -0.1) is 0 Å². The summed E-state index contributed by atoms with van der Waals surface area (Å²) in [6.07, 6.45) is 1.10. The topological polar surface area (TPSA) is 39.1 Å². The number of para-hydroxylation sites is 3. The number of methoxy groups -OCH3 is 1. The van der Waals surface area contributed by atoms with E-state index in [1.165, 1.54) is 5.52 Å². The minimum Gasteiger partial charge on any atom is -0.496 e. The number of aromatic nitrogens is 2. The number of hydrogen-bond donors (Lipinski definition) is 1. The van der Waals surface area contributed by atoms with Gasteiger partial charge in [0, 0.05) is 18.7 Å². The monoisotopic (exact) mass is 309 g/mol. The molecule has 3 rings (SSSR count). The normalized spacial score (nSPS) is 11.0. The Kier molecular flexibility index (Phi) is 4.93. The number of ether oxygens (including phenoxy) is 1. The largest absolute Gasteiger partial charge is 0.496 e. The zero-order valence-corrected chi connectivity index (χ0v) is 13.7. The molecule has 1 aromatic heterocycles. The highest BCUT2D eigenvalue weighted by atomic mass is 16.5. The number of imidazole rings is 1. The average molecular weight is 309 g/mol. The van der Waals surface area contributed by atoms with E-state index in [1.54, 1.807) is 7.11 Å². The molecule has 120 valence electrons. The second kappa shape index (κ2) is 7.29. The summed E-state index contributed by atoms with van der Waals surface area (Å²) in [7, 11) is 1.71. The lowest BCUT2D eigenvalue weighted by Gasteiger charge is -2.11. The second-order valence-corrected chi connectivity index (χ2v) is 5.58. The Morgan fingerprint density at radius 1 is 1.04 bits per heavy atom. The summed E-state index contributed by atoms with van der Waals surface area (Å²) in [6, 6.07) is 16.4. The van der Waals surface area contributed by atoms with Gasteiger partial charge in [-0.1, -0.05) is 37.3 Å². The number of nitrogens with zero attached hydrogens (tertiary/aromatic N) is 2. The van der Waals surface area contributed by atoms with Crippen LogP contribution in [0, 0.1) is 0 Å². The molecule has 0 aliphatic carbocycles. The van der Waals surface area contributed by atoms with Crippen molar-refractivity contribution >= 4 is 11.0 Å². The fourth-order valence-corrected chi connectivity index (χ4v) is 2.89. The molecule has 0 saturated heterocycles. The molecule has 4 nitrogen and oxygen atoms in total. The summed E-state index contributed by atoms with van der Waals surface area (Å²) < 4.78 is 7.71. The Morgan fingerprint density at radius 3 is 2.65 bits per heavy atom. The Labute approximate surface area is 137 Å². The van der Waals surface area contributed by atoms with Crippen LogP contribution < -0.4 is 10.1 Å². The highest BCUT2D eigenvalue weighted by Crippen LogP contribution is 2.18. The van der Waals surface area contributed by atoms with Gasteiger partial charge < -0.3 is 14.6 Å². The molecule has 0 aliphatic rings. The molecule has 0 radical (unpaired) electrons. The van der Waals surface area contributed by atoms with Crippen molar-refractivity contribution in [1.29, 1.82) is 0 Å². The van der Waals surface area contributed by atoms with E-state index in [0.29, 0.717) is 0 Å². The van der Waals surface area contributed by atoms with Crippen molar-refractivity contribution in [1.82, 2.24) is 14.9 Å². The molecule has 0 atom stereocenters. The van der Waals surface area contributed by atoms with E-state index >= 15 is 0 Å². The Bertz CT molecular complexity index is 779. The maximum absolute atomic E-state index is 5.40. The van der Waals surface area contributed by atoms with Gasteiger partial charge in [-0.3, -0.25) is 0 Å². The molecule has 1 heterocycles. The van der Waals surface area contributed by atoms with Crippen LogP contribution in [0.25, 0.3) is 11.0 Å². The van der Waals surface area contributed by atoms with E-state index in [-0.39, 0.29) is 0 Å². The molecule has 0 aliphatic heterocycles. The summed E-state index contributed by atoms with van der Waals surface area (Å²) in [5.74, 6) is 2.00. The molecule has 2 aromatic carbocycles. The third-order valence-corrected chi connectivity index (χ3v) is 3.97. The molecule has 0 fully saturated rings. The number of aryl methyl sites for hydroxylation is 1. The first kappa shape index (κ1) is 15.6. The quantitative estimate of drug-likeness (QED) is 0.722. The maximum atomic E-state index is 5.40. The van der Waals surface area contributed by atoms with Gasteiger partial charge in [0.05, 0.1) is 24.7 Å². The number of hydrogen-bond acceptors (Lipinski definition) is 3. The lowest BCUT2D eigenvalue weighted by Crippen LogP contribution is -2.17. The van der Waals surface area contributed by atoms with Crippen LogP contribution in [0.4, 0.5) is 0 Å². The standard InChI is InChI=1S/C19H23N3O/c1-3-12-22-17-10-6-5-9-16(17)21-19(22)14-20-13-15-8-4-7-11-18(15)23-2/h4-11,20H,3,12-14H2,1-2H3. The van der Waals surface area contributed by atoms with Crippen molar-refractivity contribution < 1.29 is 4.74 Å². The van der Waals surface area contributed by atoms with Crippen LogP contribution in [0.3, 0.4) is 0 Å². The molecular weight excluding hydrogens is 286 g/mol. The second-order valence-electron chi connectivity index (χ2n) is 5.58. The third kappa shape index (κ3) is 3.37. The van der Waals surface area contributed by atoms with Crippen LogP contribution in [0.5, 0.6) is 5.75 Å². The molecule has 0 bridgehead atoms. The van der Waals surface area contributed by atoms with E-state index in [0.717, 1.165) is 48.7 Å². The van der Waals surface area contributed by atoms with Crippen LogP contribution in [0.15, 0.2) is 48.5 Å². The van der Waals surface area contributed by atoms with E-state index in [1.807, 2.05) is 24.3 Å². The predicted octanol–water partition coefficient (Wildman–Crippen LogP) is 3.74. The first-order chi connectivity index (χ1) is 11.3. The van der Waals surface area contributed by atoms with Crippen LogP contribution in [0.2, 0.25) is 0 Å². The van der Waals surface area contributed by atoms with E-state index in [2.05, 4.69) is 41.1 Å². The van der Waals surface area contributed by atoms with Crippen LogP contribution in [-0.4, -0.2) is 16.7 Å². The summed E-state index contributed by atoms with van der Waals surface area (Å²) in [4.78, 5) is 4.77. The van der Waals surface area contributed by atoms with E-state index in [9.17, 15) is 0 Å². The molecule has 0 amide bonds. The van der Waals surface area contributed by atoms with Crippen LogP contribution in [0.1, 0.15) is 24.7 Å². The van der Waals surface area contributed by atoms with Crippen molar-refractivity contribution in [2.45, 2.75) is 33.0 Å². The lowest BCUT2D eigenvalue weighted by atomic mass is 10.2. The number of nitrogens with one attached hydrogen (secondary N) is 1. The smallest absolute Gasteiger partial charge is 0.123 e. The van der Waals surface area contributed by atoms with Gasteiger partial charge in [0.2, 0.25) is 0 Å². The Morgan fingerprint density at radius 2 is 1.83 bits per heavy atom. The number of rotatable bonds is 7. The SMILES string of the molecule is CCCn1c(CNCc2ccccc2OC)nc2ccccc21.